The number of aliphatic hydroxyl groups is 1. The molecule has 0 fully saturated rings. The number of aryl methyl sites for hydroxylation is 3. The molecule has 0 radical (unpaired) electrons. The third kappa shape index (κ3) is 2.79. The van der Waals surface area contributed by atoms with E-state index in [1.54, 1.807) is 7.11 Å². The van der Waals surface area contributed by atoms with Crippen LogP contribution in [-0.2, 0) is 0 Å². The lowest BCUT2D eigenvalue weighted by molar-refractivity contribution is 0.214. The van der Waals surface area contributed by atoms with Gasteiger partial charge in [0, 0.05) is 5.56 Å². The predicted molar refractivity (Wildman–Crippen MR) is 77.7 cm³/mol. The molecule has 0 aliphatic carbocycles. The SMILES string of the molecule is COc1cc(C)ccc1C(O)c1ccc(C)cc1C. The molecule has 0 heterocycles. The highest BCUT2D eigenvalue weighted by molar-refractivity contribution is 5.45. The number of methoxy groups -OCH3 is 1. The van der Waals surface area contributed by atoms with Gasteiger partial charge >= 0.3 is 0 Å². The van der Waals surface area contributed by atoms with Crippen molar-refractivity contribution in [2.24, 2.45) is 0 Å². The van der Waals surface area contributed by atoms with Gasteiger partial charge < -0.3 is 9.84 Å². The number of aliphatic hydroxyl groups excluding tert-OH is 1. The minimum absolute atomic E-state index is 0.656. The second-order valence-electron chi connectivity index (χ2n) is 5.01. The van der Waals surface area contributed by atoms with Gasteiger partial charge in [-0.3, -0.25) is 0 Å². The van der Waals surface area contributed by atoms with Crippen LogP contribution in [0, 0.1) is 20.8 Å². The van der Waals surface area contributed by atoms with Crippen molar-refractivity contribution in [3.63, 3.8) is 0 Å². The van der Waals surface area contributed by atoms with Gasteiger partial charge in [-0.25, -0.2) is 0 Å². The molecule has 2 nitrogen and oxygen atoms in total. The van der Waals surface area contributed by atoms with Gasteiger partial charge in [0.1, 0.15) is 11.9 Å². The Bertz CT molecular complexity index is 588. The molecular weight excluding hydrogens is 236 g/mol. The number of rotatable bonds is 3. The molecule has 0 aromatic heterocycles. The van der Waals surface area contributed by atoms with Gasteiger partial charge in [0.2, 0.25) is 0 Å². The standard InChI is InChI=1S/C17H20O2/c1-11-5-7-14(13(3)9-11)17(18)15-8-6-12(2)10-16(15)19-4/h5-10,17-18H,1-4H3. The van der Waals surface area contributed by atoms with Crippen molar-refractivity contribution in [1.82, 2.24) is 0 Å². The van der Waals surface area contributed by atoms with Gasteiger partial charge in [-0.05, 0) is 43.5 Å². The Labute approximate surface area is 114 Å². The number of hydrogen-bond acceptors (Lipinski definition) is 2. The van der Waals surface area contributed by atoms with E-state index in [1.807, 2.05) is 44.2 Å². The fraction of sp³-hybridized carbons (Fsp3) is 0.294. The molecule has 1 atom stereocenters. The van der Waals surface area contributed by atoms with Crippen LogP contribution in [0.1, 0.15) is 33.9 Å². The first-order valence-electron chi connectivity index (χ1n) is 6.42. The van der Waals surface area contributed by atoms with Crippen molar-refractivity contribution in [3.8, 4) is 5.75 Å². The molecule has 0 saturated carbocycles. The predicted octanol–water partition coefficient (Wildman–Crippen LogP) is 3.70. The van der Waals surface area contributed by atoms with E-state index in [2.05, 4.69) is 13.0 Å². The van der Waals surface area contributed by atoms with Crippen molar-refractivity contribution < 1.29 is 9.84 Å². The van der Waals surface area contributed by atoms with Crippen LogP contribution < -0.4 is 4.74 Å². The summed E-state index contributed by atoms with van der Waals surface area (Å²) in [5.41, 5.74) is 5.14. The minimum atomic E-state index is -0.656. The zero-order valence-corrected chi connectivity index (χ0v) is 11.9. The van der Waals surface area contributed by atoms with Crippen LogP contribution in [0.25, 0.3) is 0 Å². The van der Waals surface area contributed by atoms with Gasteiger partial charge in [0.15, 0.2) is 0 Å². The summed E-state index contributed by atoms with van der Waals surface area (Å²) in [5.74, 6) is 0.729. The molecule has 0 amide bonds. The van der Waals surface area contributed by atoms with Crippen molar-refractivity contribution in [2.45, 2.75) is 26.9 Å². The molecule has 2 aromatic carbocycles. The highest BCUT2D eigenvalue weighted by Gasteiger charge is 2.17. The third-order valence-electron chi connectivity index (χ3n) is 3.40. The topological polar surface area (TPSA) is 29.5 Å². The summed E-state index contributed by atoms with van der Waals surface area (Å²) in [6.45, 7) is 6.08. The Hall–Kier alpha value is -1.80. The second-order valence-corrected chi connectivity index (χ2v) is 5.01. The smallest absolute Gasteiger partial charge is 0.125 e. The normalized spacial score (nSPS) is 12.3. The molecular formula is C17H20O2. The summed E-state index contributed by atoms with van der Waals surface area (Å²) >= 11 is 0. The maximum atomic E-state index is 10.6. The Balaban J connectivity index is 2.46. The van der Waals surface area contributed by atoms with Gasteiger partial charge in [-0.2, -0.15) is 0 Å². The van der Waals surface area contributed by atoms with Crippen molar-refractivity contribution in [2.75, 3.05) is 7.11 Å². The average Bonchev–Trinajstić information content (AvgIpc) is 2.37. The first-order valence-corrected chi connectivity index (χ1v) is 6.42. The Morgan fingerprint density at radius 2 is 1.47 bits per heavy atom. The van der Waals surface area contributed by atoms with Gasteiger partial charge in [0.05, 0.1) is 7.11 Å². The van der Waals surface area contributed by atoms with Gasteiger partial charge in [0.25, 0.3) is 0 Å². The lowest BCUT2D eigenvalue weighted by Crippen LogP contribution is -2.04. The molecule has 1 unspecified atom stereocenters. The van der Waals surface area contributed by atoms with Crippen molar-refractivity contribution in [1.29, 1.82) is 0 Å². The van der Waals surface area contributed by atoms with Gasteiger partial charge in [-0.15, -0.1) is 0 Å². The quantitative estimate of drug-likeness (QED) is 0.907. The largest absolute Gasteiger partial charge is 0.496 e. The fourth-order valence-corrected chi connectivity index (χ4v) is 2.34. The number of hydrogen-bond donors (Lipinski definition) is 1. The molecule has 100 valence electrons. The van der Waals surface area contributed by atoms with E-state index < -0.39 is 6.10 Å². The molecule has 2 heteroatoms. The minimum Gasteiger partial charge on any atom is -0.496 e. The lowest BCUT2D eigenvalue weighted by atomic mass is 9.95. The van der Waals surface area contributed by atoms with Crippen LogP contribution in [0.5, 0.6) is 5.75 Å². The molecule has 19 heavy (non-hydrogen) atoms. The summed E-state index contributed by atoms with van der Waals surface area (Å²) in [7, 11) is 1.63. The van der Waals surface area contributed by atoms with Gasteiger partial charge in [-0.1, -0.05) is 35.9 Å². The van der Waals surface area contributed by atoms with E-state index in [0.717, 1.165) is 28.0 Å². The van der Waals surface area contributed by atoms with Crippen LogP contribution in [0.3, 0.4) is 0 Å². The molecule has 2 aromatic rings. The van der Waals surface area contributed by atoms with E-state index in [-0.39, 0.29) is 0 Å². The van der Waals surface area contributed by atoms with Crippen LogP contribution in [0.15, 0.2) is 36.4 Å². The molecule has 0 bridgehead atoms. The van der Waals surface area contributed by atoms with E-state index >= 15 is 0 Å². The van der Waals surface area contributed by atoms with E-state index in [9.17, 15) is 5.11 Å². The van der Waals surface area contributed by atoms with E-state index in [1.165, 1.54) is 5.56 Å². The van der Waals surface area contributed by atoms with Crippen molar-refractivity contribution in [3.05, 3.63) is 64.2 Å². The van der Waals surface area contributed by atoms with E-state index in [0.29, 0.717) is 0 Å². The molecule has 0 spiro atoms. The Morgan fingerprint density at radius 3 is 2.05 bits per heavy atom. The molecule has 0 aliphatic heterocycles. The van der Waals surface area contributed by atoms with Crippen LogP contribution in [0.4, 0.5) is 0 Å². The average molecular weight is 256 g/mol. The first kappa shape index (κ1) is 13.6. The monoisotopic (exact) mass is 256 g/mol. The molecule has 1 N–H and O–H groups in total. The van der Waals surface area contributed by atoms with Crippen molar-refractivity contribution >= 4 is 0 Å². The Morgan fingerprint density at radius 1 is 0.895 bits per heavy atom. The van der Waals surface area contributed by atoms with E-state index in [4.69, 9.17) is 4.74 Å². The molecule has 0 aliphatic rings. The second kappa shape index (κ2) is 5.45. The zero-order valence-electron chi connectivity index (χ0n) is 11.9. The lowest BCUT2D eigenvalue weighted by Gasteiger charge is -2.18. The summed E-state index contributed by atoms with van der Waals surface area (Å²) in [6, 6.07) is 11.9. The first-order chi connectivity index (χ1) is 9.02. The third-order valence-corrected chi connectivity index (χ3v) is 3.40. The number of ether oxygens (including phenoxy) is 1. The fourth-order valence-electron chi connectivity index (χ4n) is 2.34. The van der Waals surface area contributed by atoms with Crippen LogP contribution in [0.2, 0.25) is 0 Å². The number of benzene rings is 2. The van der Waals surface area contributed by atoms with Crippen LogP contribution in [-0.4, -0.2) is 12.2 Å². The summed E-state index contributed by atoms with van der Waals surface area (Å²) in [6.07, 6.45) is -0.656. The summed E-state index contributed by atoms with van der Waals surface area (Å²) in [5, 5.41) is 10.6. The molecule has 0 saturated heterocycles. The van der Waals surface area contributed by atoms with Crippen LogP contribution >= 0.6 is 0 Å². The highest BCUT2D eigenvalue weighted by Crippen LogP contribution is 2.32. The highest BCUT2D eigenvalue weighted by atomic mass is 16.5. The summed E-state index contributed by atoms with van der Waals surface area (Å²) in [4.78, 5) is 0. The maximum absolute atomic E-state index is 10.6. The Kier molecular flexibility index (Phi) is 3.91. The maximum Gasteiger partial charge on any atom is 0.125 e. The summed E-state index contributed by atoms with van der Waals surface area (Å²) < 4.78 is 5.37. The molecule has 2 rings (SSSR count). The zero-order chi connectivity index (χ0) is 14.0.